The van der Waals surface area contributed by atoms with Crippen molar-refractivity contribution >= 4 is 26.3 Å². The molecule has 0 rings (SSSR count). The van der Waals surface area contributed by atoms with Crippen LogP contribution in [0.25, 0.3) is 0 Å². The van der Waals surface area contributed by atoms with Gasteiger partial charge in [-0.15, -0.1) is 0 Å². The van der Waals surface area contributed by atoms with Gasteiger partial charge in [0.1, 0.15) is 0 Å². The first-order valence-electron chi connectivity index (χ1n) is 8.44. The molecule has 0 heterocycles. The van der Waals surface area contributed by atoms with E-state index >= 15 is 0 Å². The highest BCUT2D eigenvalue weighted by atomic mass is 32.2. The quantitative estimate of drug-likeness (QED) is 0.321. The van der Waals surface area contributed by atoms with Crippen LogP contribution in [0.4, 0.5) is 0 Å². The molecular weight excluding hydrogens is 330 g/mol. The van der Waals surface area contributed by atoms with Gasteiger partial charge in [-0.3, -0.25) is 4.55 Å². The maximum Gasteiger partial charge on any atom is 0.264 e. The molecule has 0 unspecified atom stereocenters. The van der Waals surface area contributed by atoms with Gasteiger partial charge in [-0.25, -0.2) is 0 Å². The van der Waals surface area contributed by atoms with Gasteiger partial charge >= 0.3 is 0 Å². The summed E-state index contributed by atoms with van der Waals surface area (Å²) in [6.07, 6.45) is 2.98. The minimum atomic E-state index is -3.80. The summed E-state index contributed by atoms with van der Waals surface area (Å²) in [6.45, 7) is 14.2. The molecule has 4 nitrogen and oxygen atoms in total. The highest BCUT2D eigenvalue weighted by Gasteiger charge is 2.23. The van der Waals surface area contributed by atoms with E-state index in [4.69, 9.17) is 4.55 Å². The van der Waals surface area contributed by atoms with E-state index in [1.54, 1.807) is 0 Å². The van der Waals surface area contributed by atoms with Crippen LogP contribution in [0.3, 0.4) is 0 Å². The molecule has 0 aromatic carbocycles. The van der Waals surface area contributed by atoms with Crippen molar-refractivity contribution in [2.75, 3.05) is 25.9 Å². The molecule has 0 spiro atoms. The Labute approximate surface area is 140 Å². The fourth-order valence-corrected chi connectivity index (χ4v) is 10.1. The summed E-state index contributed by atoms with van der Waals surface area (Å²) in [4.78, 5) is 2.17. The fourth-order valence-electron chi connectivity index (χ4n) is 2.45. The third kappa shape index (κ3) is 15.2. The first-order chi connectivity index (χ1) is 9.81. The van der Waals surface area contributed by atoms with Gasteiger partial charge in [0.15, 0.2) is 0 Å². The molecule has 0 aliphatic heterocycles. The number of hydrogen-bond acceptors (Lipinski definition) is 3. The number of hydrogen-bond donors (Lipinski definition) is 1. The predicted octanol–water partition coefficient (Wildman–Crippen LogP) is 4.02. The van der Waals surface area contributed by atoms with Crippen LogP contribution in [-0.4, -0.2) is 59.9 Å². The minimum absolute atomic E-state index is 0.131. The monoisotopic (exact) mass is 367 g/mol. The van der Waals surface area contributed by atoms with E-state index in [-0.39, 0.29) is 5.75 Å². The Morgan fingerprint density at radius 3 is 1.91 bits per heavy atom. The van der Waals surface area contributed by atoms with Crippen LogP contribution >= 0.6 is 0 Å². The summed E-state index contributed by atoms with van der Waals surface area (Å²) in [5, 5.41) is 0. The second-order valence-electron chi connectivity index (χ2n) is 8.62. The number of nitrogens with zero attached hydrogens (tertiary/aromatic N) is 1. The molecule has 0 aliphatic carbocycles. The Morgan fingerprint density at radius 1 is 0.864 bits per heavy atom. The van der Waals surface area contributed by atoms with Crippen molar-refractivity contribution in [3.05, 3.63) is 0 Å². The highest BCUT2D eigenvalue weighted by molar-refractivity contribution is 7.85. The largest absolute Gasteiger partial charge is 0.306 e. The molecule has 134 valence electrons. The standard InChI is InChI=1S/C15H37NO3SSi2/c1-16(11-9-12-20(17,18)19)10-7-8-13-22(5,6)15-14-21(2,3)4/h7-15H2,1-6H3,(H,17,18,19). The van der Waals surface area contributed by atoms with E-state index < -0.39 is 26.3 Å². The van der Waals surface area contributed by atoms with Crippen LogP contribution in [0, 0.1) is 0 Å². The zero-order chi connectivity index (χ0) is 17.4. The molecule has 0 fully saturated rings. The van der Waals surface area contributed by atoms with E-state index in [1.807, 2.05) is 7.05 Å². The molecule has 0 atom stereocenters. The molecule has 0 amide bonds. The number of unbranched alkanes of at least 4 members (excludes halogenated alkanes) is 1. The maximum absolute atomic E-state index is 10.7. The summed E-state index contributed by atoms with van der Waals surface area (Å²) >= 11 is 0. The Bertz CT molecular complexity index is 406. The second-order valence-corrected chi connectivity index (χ2v) is 21.1. The van der Waals surface area contributed by atoms with Gasteiger partial charge in [-0.05, 0) is 33.0 Å². The summed E-state index contributed by atoms with van der Waals surface area (Å²) < 4.78 is 30.0. The fraction of sp³-hybridized carbons (Fsp3) is 1.00. The van der Waals surface area contributed by atoms with Gasteiger partial charge in [0.25, 0.3) is 10.1 Å². The molecule has 22 heavy (non-hydrogen) atoms. The Kier molecular flexibility index (Phi) is 9.70. The van der Waals surface area contributed by atoms with E-state index in [0.29, 0.717) is 6.42 Å². The van der Waals surface area contributed by atoms with Crippen LogP contribution in [0.1, 0.15) is 19.3 Å². The molecule has 0 saturated carbocycles. The van der Waals surface area contributed by atoms with Crippen molar-refractivity contribution in [1.29, 1.82) is 0 Å². The average Bonchev–Trinajstić information content (AvgIpc) is 2.30. The van der Waals surface area contributed by atoms with E-state index in [0.717, 1.165) is 13.1 Å². The molecule has 0 aromatic rings. The van der Waals surface area contributed by atoms with Crippen LogP contribution in [0.5, 0.6) is 0 Å². The van der Waals surface area contributed by atoms with Crippen molar-refractivity contribution in [3.63, 3.8) is 0 Å². The Balaban J connectivity index is 3.78. The van der Waals surface area contributed by atoms with E-state index in [2.05, 4.69) is 37.6 Å². The first-order valence-corrected chi connectivity index (χ1v) is 17.2. The molecular formula is C15H37NO3SSi2. The minimum Gasteiger partial charge on any atom is -0.306 e. The molecule has 0 aromatic heterocycles. The molecule has 0 aliphatic rings. The van der Waals surface area contributed by atoms with Crippen LogP contribution in [-0.2, 0) is 10.1 Å². The van der Waals surface area contributed by atoms with Crippen LogP contribution in [0.2, 0.25) is 50.9 Å². The summed E-state index contributed by atoms with van der Waals surface area (Å²) in [5.41, 5.74) is 0. The van der Waals surface area contributed by atoms with Gasteiger partial charge in [0.05, 0.1) is 5.75 Å². The molecule has 1 N–H and O–H groups in total. The van der Waals surface area contributed by atoms with Gasteiger partial charge in [0, 0.05) is 16.1 Å². The van der Waals surface area contributed by atoms with Crippen molar-refractivity contribution in [2.45, 2.75) is 70.1 Å². The topological polar surface area (TPSA) is 57.6 Å². The third-order valence-corrected chi connectivity index (χ3v) is 10.5. The van der Waals surface area contributed by atoms with Crippen molar-refractivity contribution in [3.8, 4) is 0 Å². The number of rotatable bonds is 12. The molecule has 0 bridgehead atoms. The SMILES string of the molecule is CN(CCCC[Si](C)(C)CC[Si](C)(C)C)CCCS(=O)(=O)O. The molecule has 0 radical (unpaired) electrons. The van der Waals surface area contributed by atoms with Gasteiger partial charge < -0.3 is 4.90 Å². The van der Waals surface area contributed by atoms with Crippen molar-refractivity contribution in [2.24, 2.45) is 0 Å². The zero-order valence-electron chi connectivity index (χ0n) is 15.5. The van der Waals surface area contributed by atoms with Gasteiger partial charge in [-0.2, -0.15) is 8.42 Å². The van der Waals surface area contributed by atoms with E-state index in [9.17, 15) is 8.42 Å². The predicted molar refractivity (Wildman–Crippen MR) is 103 cm³/mol. The summed E-state index contributed by atoms with van der Waals surface area (Å²) in [7, 11) is -3.71. The summed E-state index contributed by atoms with van der Waals surface area (Å²) in [6, 6.07) is 4.32. The van der Waals surface area contributed by atoms with Gasteiger partial charge in [-0.1, -0.05) is 57.3 Å². The second kappa shape index (κ2) is 9.56. The Morgan fingerprint density at radius 2 is 1.41 bits per heavy atom. The normalized spacial score (nSPS) is 13.8. The van der Waals surface area contributed by atoms with E-state index in [1.165, 1.54) is 31.0 Å². The Hall–Kier alpha value is 0.304. The van der Waals surface area contributed by atoms with Crippen molar-refractivity contribution in [1.82, 2.24) is 4.90 Å². The lowest BCUT2D eigenvalue weighted by Crippen LogP contribution is -2.30. The molecule has 7 heteroatoms. The smallest absolute Gasteiger partial charge is 0.264 e. The highest BCUT2D eigenvalue weighted by Crippen LogP contribution is 2.25. The lowest BCUT2D eigenvalue weighted by atomic mass is 10.3. The lowest BCUT2D eigenvalue weighted by Gasteiger charge is -2.26. The zero-order valence-corrected chi connectivity index (χ0v) is 18.3. The first kappa shape index (κ1) is 22.3. The lowest BCUT2D eigenvalue weighted by molar-refractivity contribution is 0.327. The van der Waals surface area contributed by atoms with Crippen LogP contribution < -0.4 is 0 Å². The third-order valence-electron chi connectivity index (χ3n) is 4.14. The average molecular weight is 368 g/mol. The molecule has 0 saturated heterocycles. The summed E-state index contributed by atoms with van der Waals surface area (Å²) in [5.74, 6) is -0.131. The van der Waals surface area contributed by atoms with Gasteiger partial charge in [0.2, 0.25) is 0 Å². The van der Waals surface area contributed by atoms with Crippen molar-refractivity contribution < 1.29 is 13.0 Å². The van der Waals surface area contributed by atoms with Crippen LogP contribution in [0.15, 0.2) is 0 Å². The maximum atomic E-state index is 10.7.